The highest BCUT2D eigenvalue weighted by molar-refractivity contribution is 7.92. The van der Waals surface area contributed by atoms with Gasteiger partial charge in [0.25, 0.3) is 0 Å². The summed E-state index contributed by atoms with van der Waals surface area (Å²) in [6, 6.07) is 5.01. The quantitative estimate of drug-likeness (QED) is 0.875. The Balaban J connectivity index is 2.04. The van der Waals surface area contributed by atoms with Crippen LogP contribution in [0.4, 0.5) is 5.69 Å². The van der Waals surface area contributed by atoms with Crippen molar-refractivity contribution < 1.29 is 13.5 Å². The van der Waals surface area contributed by atoms with E-state index in [1.807, 2.05) is 16.8 Å². The van der Waals surface area contributed by atoms with Crippen LogP contribution in [0.5, 0.6) is 0 Å². The van der Waals surface area contributed by atoms with Crippen molar-refractivity contribution in [3.63, 3.8) is 0 Å². The lowest BCUT2D eigenvalue weighted by molar-refractivity contribution is 0.192. The lowest BCUT2D eigenvalue weighted by atomic mass is 10.2. The van der Waals surface area contributed by atoms with E-state index in [0.29, 0.717) is 12.2 Å². The third-order valence-electron chi connectivity index (χ3n) is 3.25. The number of hydrogen-bond donors (Lipinski definition) is 2. The standard InChI is InChI=1S/C15H20N2O3S2/c1-15(2,3)22(19,20)14-5-4-12(8-17-14)16-9-13(18)11-6-7-21-10-11/h4-8,10,13,16,18H,9H2,1-3H3. The first-order valence-electron chi connectivity index (χ1n) is 6.86. The molecule has 0 radical (unpaired) electrons. The number of hydrogen-bond acceptors (Lipinski definition) is 6. The minimum atomic E-state index is -3.45. The van der Waals surface area contributed by atoms with Crippen LogP contribution in [-0.2, 0) is 9.84 Å². The van der Waals surface area contributed by atoms with E-state index in [0.717, 1.165) is 5.56 Å². The van der Waals surface area contributed by atoms with Crippen molar-refractivity contribution in [2.75, 3.05) is 11.9 Å². The van der Waals surface area contributed by atoms with Crippen molar-refractivity contribution in [2.45, 2.75) is 36.6 Å². The maximum Gasteiger partial charge on any atom is 0.200 e. The van der Waals surface area contributed by atoms with Crippen LogP contribution in [0.15, 0.2) is 40.2 Å². The van der Waals surface area contributed by atoms with Gasteiger partial charge in [0.2, 0.25) is 0 Å². The van der Waals surface area contributed by atoms with Gasteiger partial charge in [-0.05, 0) is 55.3 Å². The molecule has 0 aliphatic carbocycles. The van der Waals surface area contributed by atoms with Crippen LogP contribution >= 0.6 is 11.3 Å². The first-order chi connectivity index (χ1) is 10.2. The predicted molar refractivity (Wildman–Crippen MR) is 88.9 cm³/mol. The molecule has 2 heterocycles. The van der Waals surface area contributed by atoms with Crippen LogP contribution in [0, 0.1) is 0 Å². The number of aromatic nitrogens is 1. The number of nitrogens with zero attached hydrogens (tertiary/aromatic N) is 1. The van der Waals surface area contributed by atoms with Crippen LogP contribution in [0.3, 0.4) is 0 Å². The van der Waals surface area contributed by atoms with Crippen LogP contribution < -0.4 is 5.32 Å². The number of nitrogens with one attached hydrogen (secondary N) is 1. The summed E-state index contributed by atoms with van der Waals surface area (Å²) < 4.78 is 23.6. The molecule has 1 atom stereocenters. The van der Waals surface area contributed by atoms with Crippen LogP contribution in [0.25, 0.3) is 0 Å². The van der Waals surface area contributed by atoms with E-state index in [4.69, 9.17) is 0 Å². The largest absolute Gasteiger partial charge is 0.387 e. The number of sulfone groups is 1. The van der Waals surface area contributed by atoms with E-state index in [9.17, 15) is 13.5 Å². The minimum absolute atomic E-state index is 0.0592. The van der Waals surface area contributed by atoms with Crippen LogP contribution in [0.2, 0.25) is 0 Å². The summed E-state index contributed by atoms with van der Waals surface area (Å²) in [7, 11) is -3.45. The molecule has 1 unspecified atom stereocenters. The summed E-state index contributed by atoms with van der Waals surface area (Å²) in [5.74, 6) is 0. The molecule has 120 valence electrons. The van der Waals surface area contributed by atoms with Gasteiger partial charge in [-0.3, -0.25) is 0 Å². The molecule has 0 saturated heterocycles. The molecule has 0 bridgehead atoms. The van der Waals surface area contributed by atoms with Crippen LogP contribution in [0.1, 0.15) is 32.4 Å². The molecule has 0 aliphatic rings. The lowest BCUT2D eigenvalue weighted by Crippen LogP contribution is -2.28. The highest BCUT2D eigenvalue weighted by atomic mass is 32.2. The third kappa shape index (κ3) is 3.66. The molecule has 0 aromatic carbocycles. The second-order valence-electron chi connectivity index (χ2n) is 5.95. The summed E-state index contributed by atoms with van der Waals surface area (Å²) in [6.07, 6.45) is 0.864. The predicted octanol–water partition coefficient (Wildman–Crippen LogP) is 2.86. The molecule has 0 spiro atoms. The number of aliphatic hydroxyl groups is 1. The highest BCUT2D eigenvalue weighted by Crippen LogP contribution is 2.24. The maximum absolute atomic E-state index is 12.3. The summed E-state index contributed by atoms with van der Waals surface area (Å²) in [6.45, 7) is 5.28. The Morgan fingerprint density at radius 2 is 2.05 bits per heavy atom. The molecule has 2 rings (SSSR count). The zero-order valence-electron chi connectivity index (χ0n) is 12.8. The Morgan fingerprint density at radius 3 is 2.55 bits per heavy atom. The average molecular weight is 340 g/mol. The second kappa shape index (κ2) is 6.36. The number of pyridine rings is 1. The van der Waals surface area contributed by atoms with Gasteiger partial charge >= 0.3 is 0 Å². The van der Waals surface area contributed by atoms with Crippen molar-refractivity contribution >= 4 is 26.9 Å². The Hall–Kier alpha value is -1.44. The monoisotopic (exact) mass is 340 g/mol. The fourth-order valence-corrected chi connectivity index (χ4v) is 3.53. The molecule has 0 aliphatic heterocycles. The summed E-state index contributed by atoms with van der Waals surface area (Å²) in [5.41, 5.74) is 1.53. The molecular weight excluding hydrogens is 320 g/mol. The first kappa shape index (κ1) is 16.9. The fraction of sp³-hybridized carbons (Fsp3) is 0.400. The SMILES string of the molecule is CC(C)(C)S(=O)(=O)c1ccc(NCC(O)c2ccsc2)cn1. The molecule has 7 heteroatoms. The zero-order chi connectivity index (χ0) is 16.4. The molecule has 0 fully saturated rings. The maximum atomic E-state index is 12.3. The smallest absolute Gasteiger partial charge is 0.200 e. The first-order valence-corrected chi connectivity index (χ1v) is 9.29. The van der Waals surface area contributed by atoms with Crippen molar-refractivity contribution in [3.05, 3.63) is 40.7 Å². The van der Waals surface area contributed by atoms with E-state index >= 15 is 0 Å². The normalized spacial score (nSPS) is 13.8. The van der Waals surface area contributed by atoms with Gasteiger partial charge in [0.15, 0.2) is 14.9 Å². The summed E-state index contributed by atoms with van der Waals surface area (Å²) in [5, 5.41) is 16.9. The van der Waals surface area contributed by atoms with Gasteiger partial charge in [0, 0.05) is 6.54 Å². The molecule has 22 heavy (non-hydrogen) atoms. The van der Waals surface area contributed by atoms with E-state index in [1.54, 1.807) is 26.8 Å². The lowest BCUT2D eigenvalue weighted by Gasteiger charge is -2.18. The molecule has 0 amide bonds. The Morgan fingerprint density at radius 1 is 1.32 bits per heavy atom. The van der Waals surface area contributed by atoms with E-state index in [1.165, 1.54) is 23.6 Å². The second-order valence-corrected chi connectivity index (χ2v) is 9.38. The minimum Gasteiger partial charge on any atom is -0.387 e. The van der Waals surface area contributed by atoms with Gasteiger partial charge < -0.3 is 10.4 Å². The van der Waals surface area contributed by atoms with E-state index in [-0.39, 0.29) is 5.03 Å². The van der Waals surface area contributed by atoms with Crippen molar-refractivity contribution in [1.29, 1.82) is 0 Å². The summed E-state index contributed by atoms with van der Waals surface area (Å²) >= 11 is 1.53. The third-order valence-corrected chi connectivity index (χ3v) is 6.35. The molecule has 2 N–H and O–H groups in total. The topological polar surface area (TPSA) is 79.3 Å². The summed E-state index contributed by atoms with van der Waals surface area (Å²) in [4.78, 5) is 4.03. The van der Waals surface area contributed by atoms with Crippen molar-refractivity contribution in [1.82, 2.24) is 4.98 Å². The molecule has 2 aromatic rings. The fourth-order valence-electron chi connectivity index (χ4n) is 1.75. The van der Waals surface area contributed by atoms with Crippen LogP contribution in [-0.4, -0.2) is 29.8 Å². The molecule has 2 aromatic heterocycles. The number of rotatable bonds is 5. The van der Waals surface area contributed by atoms with E-state index < -0.39 is 20.7 Å². The molecule has 5 nitrogen and oxygen atoms in total. The van der Waals surface area contributed by atoms with E-state index in [2.05, 4.69) is 10.3 Å². The van der Waals surface area contributed by atoms with Gasteiger partial charge in [-0.2, -0.15) is 11.3 Å². The van der Waals surface area contributed by atoms with Gasteiger partial charge in [0.1, 0.15) is 0 Å². The Kier molecular flexibility index (Phi) is 4.89. The van der Waals surface area contributed by atoms with Gasteiger partial charge in [0.05, 0.1) is 22.7 Å². The number of thiophene rings is 1. The average Bonchev–Trinajstić information content (AvgIpc) is 2.98. The molecular formula is C15H20N2O3S2. The number of anilines is 1. The van der Waals surface area contributed by atoms with Crippen molar-refractivity contribution in [2.24, 2.45) is 0 Å². The molecule has 0 saturated carbocycles. The van der Waals surface area contributed by atoms with Crippen molar-refractivity contribution in [3.8, 4) is 0 Å². The highest BCUT2D eigenvalue weighted by Gasteiger charge is 2.31. The van der Waals surface area contributed by atoms with Gasteiger partial charge in [-0.15, -0.1) is 0 Å². The van der Waals surface area contributed by atoms with Gasteiger partial charge in [-0.1, -0.05) is 0 Å². The Labute approximate surface area is 135 Å². The Bertz CT molecular complexity index is 702. The van der Waals surface area contributed by atoms with Gasteiger partial charge in [-0.25, -0.2) is 13.4 Å². The zero-order valence-corrected chi connectivity index (χ0v) is 14.4. The number of aliphatic hydroxyl groups excluding tert-OH is 1.